The molecule has 0 atom stereocenters. The number of piperidine rings is 1. The third kappa shape index (κ3) is 4.06. The molecule has 0 aromatic heterocycles. The molecule has 1 saturated heterocycles. The van der Waals surface area contributed by atoms with Crippen molar-refractivity contribution < 1.29 is 13.2 Å². The van der Waals surface area contributed by atoms with Crippen LogP contribution in [0.4, 0.5) is 0 Å². The zero-order valence-corrected chi connectivity index (χ0v) is 12.7. The molecule has 0 aromatic carbocycles. The van der Waals surface area contributed by atoms with Gasteiger partial charge in [0.15, 0.2) is 0 Å². The molecule has 0 bridgehead atoms. The number of carbonyl (C=O) groups excluding carboxylic acids is 1. The number of nitrogens with zero attached hydrogens (tertiary/aromatic N) is 1. The van der Waals surface area contributed by atoms with Gasteiger partial charge in [-0.15, -0.1) is 6.58 Å². The van der Waals surface area contributed by atoms with Crippen LogP contribution >= 0.6 is 0 Å². The van der Waals surface area contributed by atoms with Gasteiger partial charge in [0.2, 0.25) is 15.9 Å². The average Bonchev–Trinajstić information content (AvgIpc) is 3.28. The number of sulfonamides is 1. The van der Waals surface area contributed by atoms with E-state index in [1.807, 2.05) is 0 Å². The third-order valence-electron chi connectivity index (χ3n) is 4.04. The molecular weight excluding hydrogens is 276 g/mol. The first kappa shape index (κ1) is 15.5. The Bertz CT molecular complexity index is 449. The van der Waals surface area contributed by atoms with Crippen molar-refractivity contribution in [2.24, 2.45) is 5.92 Å². The molecule has 20 heavy (non-hydrogen) atoms. The molecule has 2 rings (SSSR count). The van der Waals surface area contributed by atoms with Crippen molar-refractivity contribution in [3.05, 3.63) is 12.7 Å². The lowest BCUT2D eigenvalue weighted by Gasteiger charge is -2.31. The van der Waals surface area contributed by atoms with Gasteiger partial charge in [-0.1, -0.05) is 6.08 Å². The van der Waals surface area contributed by atoms with E-state index in [-0.39, 0.29) is 11.2 Å². The van der Waals surface area contributed by atoms with Gasteiger partial charge in [0.05, 0.1) is 5.25 Å². The van der Waals surface area contributed by atoms with Crippen LogP contribution in [0.1, 0.15) is 38.5 Å². The Hall–Kier alpha value is -0.880. The highest BCUT2D eigenvalue weighted by molar-refractivity contribution is 7.90. The summed E-state index contributed by atoms with van der Waals surface area (Å²) in [6, 6.07) is 0. The molecule has 0 radical (unpaired) electrons. The van der Waals surface area contributed by atoms with E-state index >= 15 is 0 Å². The molecule has 1 amide bonds. The van der Waals surface area contributed by atoms with Crippen LogP contribution in [-0.4, -0.2) is 43.5 Å². The maximum atomic E-state index is 12.1. The van der Waals surface area contributed by atoms with Gasteiger partial charge < -0.3 is 5.32 Å². The van der Waals surface area contributed by atoms with Gasteiger partial charge in [0, 0.05) is 26.1 Å². The molecule has 0 aromatic rings. The van der Waals surface area contributed by atoms with Gasteiger partial charge >= 0.3 is 0 Å². The van der Waals surface area contributed by atoms with E-state index in [0.717, 1.165) is 25.7 Å². The fraction of sp³-hybridized carbons (Fsp3) is 0.786. The first-order chi connectivity index (χ1) is 9.54. The van der Waals surface area contributed by atoms with Gasteiger partial charge in [0.1, 0.15) is 0 Å². The number of amides is 1. The Morgan fingerprint density at radius 2 is 1.90 bits per heavy atom. The highest BCUT2D eigenvalue weighted by Crippen LogP contribution is 2.32. The van der Waals surface area contributed by atoms with E-state index in [4.69, 9.17) is 0 Å². The molecule has 0 spiro atoms. The molecule has 6 heteroatoms. The molecule has 114 valence electrons. The second-order valence-electron chi connectivity index (χ2n) is 5.72. The van der Waals surface area contributed by atoms with Crippen molar-refractivity contribution in [3.8, 4) is 0 Å². The van der Waals surface area contributed by atoms with Crippen molar-refractivity contribution in [3.63, 3.8) is 0 Å². The maximum absolute atomic E-state index is 12.1. The highest BCUT2D eigenvalue weighted by atomic mass is 32.2. The first-order valence-electron chi connectivity index (χ1n) is 7.40. The summed E-state index contributed by atoms with van der Waals surface area (Å²) in [7, 11) is -3.02. The summed E-state index contributed by atoms with van der Waals surface area (Å²) in [6.45, 7) is 5.46. The lowest BCUT2D eigenvalue weighted by molar-refractivity contribution is -0.121. The number of hydrogen-bond acceptors (Lipinski definition) is 3. The largest absolute Gasteiger partial charge is 0.356 e. The molecule has 1 aliphatic heterocycles. The van der Waals surface area contributed by atoms with E-state index < -0.39 is 10.0 Å². The normalized spacial score (nSPS) is 21.6. The minimum atomic E-state index is -3.02. The van der Waals surface area contributed by atoms with Crippen LogP contribution in [0.2, 0.25) is 0 Å². The van der Waals surface area contributed by atoms with E-state index in [0.29, 0.717) is 38.4 Å². The first-order valence-corrected chi connectivity index (χ1v) is 8.91. The van der Waals surface area contributed by atoms with Gasteiger partial charge in [0.25, 0.3) is 0 Å². The summed E-state index contributed by atoms with van der Waals surface area (Å²) < 4.78 is 25.8. The highest BCUT2D eigenvalue weighted by Gasteiger charge is 2.41. The molecule has 2 fully saturated rings. The second-order valence-corrected chi connectivity index (χ2v) is 7.93. The minimum Gasteiger partial charge on any atom is -0.356 e. The van der Waals surface area contributed by atoms with Gasteiger partial charge in [-0.3, -0.25) is 4.79 Å². The molecule has 0 unspecified atom stereocenters. The Morgan fingerprint density at radius 1 is 1.25 bits per heavy atom. The Labute approximate surface area is 121 Å². The Balaban J connectivity index is 1.69. The van der Waals surface area contributed by atoms with Crippen molar-refractivity contribution >= 4 is 15.9 Å². The summed E-state index contributed by atoms with van der Waals surface area (Å²) in [6.07, 6.45) is 6.24. The van der Waals surface area contributed by atoms with E-state index in [2.05, 4.69) is 11.9 Å². The molecule has 1 aliphatic carbocycles. The fourth-order valence-electron chi connectivity index (χ4n) is 2.52. The lowest BCUT2D eigenvalue weighted by Crippen LogP contribution is -2.42. The standard InChI is InChI=1S/C14H24N2O3S/c1-2-3-4-14(17)15-11-12-7-9-16(10-8-12)20(18,19)13-5-6-13/h2,12-13H,1,3-11H2,(H,15,17). The molecule has 1 N–H and O–H groups in total. The smallest absolute Gasteiger partial charge is 0.220 e. The lowest BCUT2D eigenvalue weighted by atomic mass is 9.98. The fourth-order valence-corrected chi connectivity index (χ4v) is 4.40. The summed E-state index contributed by atoms with van der Waals surface area (Å²) in [4.78, 5) is 11.5. The topological polar surface area (TPSA) is 66.5 Å². The third-order valence-corrected chi connectivity index (χ3v) is 6.44. The SMILES string of the molecule is C=CCCC(=O)NCC1CCN(S(=O)(=O)C2CC2)CC1. The number of nitrogens with one attached hydrogen (secondary N) is 1. The van der Waals surface area contributed by atoms with Crippen LogP contribution in [0.15, 0.2) is 12.7 Å². The Kier molecular flexibility index (Phi) is 5.21. The number of allylic oxidation sites excluding steroid dienone is 1. The summed E-state index contributed by atoms with van der Waals surface area (Å²) >= 11 is 0. The molecule has 5 nitrogen and oxygen atoms in total. The van der Waals surface area contributed by atoms with Crippen LogP contribution in [-0.2, 0) is 14.8 Å². The monoisotopic (exact) mass is 300 g/mol. The summed E-state index contributed by atoms with van der Waals surface area (Å²) in [5.41, 5.74) is 0. The van der Waals surface area contributed by atoms with Crippen LogP contribution in [0, 0.1) is 5.92 Å². The zero-order valence-electron chi connectivity index (χ0n) is 11.9. The summed E-state index contributed by atoms with van der Waals surface area (Å²) in [5, 5.41) is 2.81. The van der Waals surface area contributed by atoms with Crippen molar-refractivity contribution in [1.82, 2.24) is 9.62 Å². The van der Waals surface area contributed by atoms with Crippen LogP contribution < -0.4 is 5.32 Å². The average molecular weight is 300 g/mol. The number of carbonyl (C=O) groups is 1. The zero-order chi connectivity index (χ0) is 14.6. The van der Waals surface area contributed by atoms with Crippen molar-refractivity contribution in [2.45, 2.75) is 43.8 Å². The molecule has 1 saturated carbocycles. The second kappa shape index (κ2) is 6.72. The predicted molar refractivity (Wildman–Crippen MR) is 78.7 cm³/mol. The molecule has 1 heterocycles. The number of hydrogen-bond donors (Lipinski definition) is 1. The van der Waals surface area contributed by atoms with E-state index in [9.17, 15) is 13.2 Å². The van der Waals surface area contributed by atoms with Crippen molar-refractivity contribution in [1.29, 1.82) is 0 Å². The van der Waals surface area contributed by atoms with Crippen molar-refractivity contribution in [2.75, 3.05) is 19.6 Å². The van der Waals surface area contributed by atoms with E-state index in [1.54, 1.807) is 10.4 Å². The minimum absolute atomic E-state index is 0.0536. The maximum Gasteiger partial charge on any atom is 0.220 e. The Morgan fingerprint density at radius 3 is 2.45 bits per heavy atom. The summed E-state index contributed by atoms with van der Waals surface area (Å²) in [5.74, 6) is 0.450. The quantitative estimate of drug-likeness (QED) is 0.720. The van der Waals surface area contributed by atoms with Gasteiger partial charge in [-0.05, 0) is 38.0 Å². The van der Waals surface area contributed by atoms with E-state index in [1.165, 1.54) is 0 Å². The van der Waals surface area contributed by atoms with Crippen LogP contribution in [0.3, 0.4) is 0 Å². The van der Waals surface area contributed by atoms with Crippen LogP contribution in [0.5, 0.6) is 0 Å². The predicted octanol–water partition coefficient (Wildman–Crippen LogP) is 1.27. The van der Waals surface area contributed by atoms with Gasteiger partial charge in [-0.25, -0.2) is 12.7 Å². The van der Waals surface area contributed by atoms with Gasteiger partial charge in [-0.2, -0.15) is 0 Å². The number of rotatable bonds is 7. The van der Waals surface area contributed by atoms with Crippen LogP contribution in [0.25, 0.3) is 0 Å². The molecular formula is C14H24N2O3S. The molecule has 2 aliphatic rings.